The van der Waals surface area contributed by atoms with Crippen molar-refractivity contribution in [1.29, 1.82) is 0 Å². The number of sulfone groups is 1. The maximum absolute atomic E-state index is 11.8. The molecule has 0 aliphatic heterocycles. The van der Waals surface area contributed by atoms with Crippen molar-refractivity contribution < 1.29 is 8.42 Å². The number of hydrogen-bond donors (Lipinski definition) is 1. The first kappa shape index (κ1) is 13.7. The zero-order valence-electron chi connectivity index (χ0n) is 9.19. The monoisotopic (exact) mass is 305 g/mol. The molecule has 1 atom stereocenters. The second-order valence-corrected chi connectivity index (χ2v) is 6.88. The van der Waals surface area contributed by atoms with Gasteiger partial charge in [0.05, 0.1) is 11.5 Å². The van der Waals surface area contributed by atoms with Crippen LogP contribution in [-0.4, -0.2) is 20.2 Å². The van der Waals surface area contributed by atoms with Gasteiger partial charge in [-0.1, -0.05) is 35.0 Å². The average Bonchev–Trinajstić information content (AvgIpc) is 2.15. The summed E-state index contributed by atoms with van der Waals surface area (Å²) >= 11 is 3.31. The largest absolute Gasteiger partial charge is 0.327 e. The van der Waals surface area contributed by atoms with Gasteiger partial charge in [0, 0.05) is 10.5 Å². The Morgan fingerprint density at radius 3 is 2.69 bits per heavy atom. The summed E-state index contributed by atoms with van der Waals surface area (Å²) in [6, 6.07) is 7.05. The molecule has 2 N–H and O–H groups in total. The standard InChI is InChI=1S/C11H16BrNO2S/c1-2-11(13)8-16(14,15)7-9-4-3-5-10(12)6-9/h3-6,11H,2,7-8,13H2,1H3. The molecule has 0 aliphatic carbocycles. The Labute approximate surface area is 105 Å². The molecule has 0 fully saturated rings. The predicted octanol–water partition coefficient (Wildman–Crippen LogP) is 2.10. The number of rotatable bonds is 5. The molecule has 0 bridgehead atoms. The van der Waals surface area contributed by atoms with Gasteiger partial charge < -0.3 is 5.73 Å². The van der Waals surface area contributed by atoms with E-state index in [-0.39, 0.29) is 17.5 Å². The molecule has 1 rings (SSSR count). The normalized spacial score (nSPS) is 13.7. The number of benzene rings is 1. The van der Waals surface area contributed by atoms with E-state index in [1.54, 1.807) is 6.07 Å². The fourth-order valence-electron chi connectivity index (χ4n) is 1.38. The first-order valence-electron chi connectivity index (χ1n) is 5.13. The average molecular weight is 306 g/mol. The maximum Gasteiger partial charge on any atom is 0.155 e. The van der Waals surface area contributed by atoms with Gasteiger partial charge in [-0.15, -0.1) is 0 Å². The maximum atomic E-state index is 11.8. The fraction of sp³-hybridized carbons (Fsp3) is 0.455. The van der Waals surface area contributed by atoms with E-state index in [0.717, 1.165) is 10.0 Å². The number of nitrogens with two attached hydrogens (primary N) is 1. The van der Waals surface area contributed by atoms with Crippen molar-refractivity contribution in [1.82, 2.24) is 0 Å². The third-order valence-electron chi connectivity index (χ3n) is 2.27. The Balaban J connectivity index is 2.73. The lowest BCUT2D eigenvalue weighted by Gasteiger charge is -2.09. The molecule has 90 valence electrons. The zero-order chi connectivity index (χ0) is 12.2. The van der Waals surface area contributed by atoms with Gasteiger partial charge in [0.15, 0.2) is 9.84 Å². The van der Waals surface area contributed by atoms with E-state index in [4.69, 9.17) is 5.73 Å². The van der Waals surface area contributed by atoms with E-state index in [1.807, 2.05) is 25.1 Å². The molecule has 0 aromatic heterocycles. The Morgan fingerprint density at radius 2 is 2.12 bits per heavy atom. The third kappa shape index (κ3) is 4.63. The summed E-state index contributed by atoms with van der Waals surface area (Å²) in [5.74, 6) is 0.107. The van der Waals surface area contributed by atoms with E-state index in [2.05, 4.69) is 15.9 Å². The minimum atomic E-state index is -3.11. The molecule has 1 aromatic rings. The van der Waals surface area contributed by atoms with Crippen molar-refractivity contribution >= 4 is 25.8 Å². The van der Waals surface area contributed by atoms with Crippen molar-refractivity contribution in [3.8, 4) is 0 Å². The van der Waals surface area contributed by atoms with Crippen LogP contribution in [-0.2, 0) is 15.6 Å². The van der Waals surface area contributed by atoms with E-state index < -0.39 is 9.84 Å². The lowest BCUT2D eigenvalue weighted by molar-refractivity contribution is 0.583. The topological polar surface area (TPSA) is 60.2 Å². The van der Waals surface area contributed by atoms with E-state index in [9.17, 15) is 8.42 Å². The van der Waals surface area contributed by atoms with Crippen LogP contribution in [0.2, 0.25) is 0 Å². The molecule has 0 saturated heterocycles. The van der Waals surface area contributed by atoms with Crippen LogP contribution < -0.4 is 5.73 Å². The molecule has 0 amide bonds. The molecule has 0 saturated carbocycles. The van der Waals surface area contributed by atoms with Gasteiger partial charge in [0.2, 0.25) is 0 Å². The summed E-state index contributed by atoms with van der Waals surface area (Å²) in [4.78, 5) is 0. The molecule has 0 spiro atoms. The highest BCUT2D eigenvalue weighted by molar-refractivity contribution is 9.10. The molecule has 5 heteroatoms. The first-order chi connectivity index (χ1) is 7.43. The summed E-state index contributed by atoms with van der Waals surface area (Å²) in [5, 5.41) is 0. The van der Waals surface area contributed by atoms with Crippen LogP contribution in [0.25, 0.3) is 0 Å². The molecular formula is C11H16BrNO2S. The van der Waals surface area contributed by atoms with Crippen LogP contribution in [0, 0.1) is 0 Å². The van der Waals surface area contributed by atoms with Crippen LogP contribution in [0.3, 0.4) is 0 Å². The smallest absolute Gasteiger partial charge is 0.155 e. The van der Waals surface area contributed by atoms with Gasteiger partial charge in [-0.25, -0.2) is 8.42 Å². The van der Waals surface area contributed by atoms with Gasteiger partial charge in [-0.2, -0.15) is 0 Å². The third-order valence-corrected chi connectivity index (χ3v) is 4.47. The molecule has 16 heavy (non-hydrogen) atoms. The van der Waals surface area contributed by atoms with Crippen LogP contribution in [0.1, 0.15) is 18.9 Å². The van der Waals surface area contributed by atoms with E-state index >= 15 is 0 Å². The minimum Gasteiger partial charge on any atom is -0.327 e. The summed E-state index contributed by atoms with van der Waals surface area (Å²) < 4.78 is 24.5. The van der Waals surface area contributed by atoms with E-state index in [0.29, 0.717) is 6.42 Å². The van der Waals surface area contributed by atoms with E-state index in [1.165, 1.54) is 0 Å². The number of hydrogen-bond acceptors (Lipinski definition) is 3. The summed E-state index contributed by atoms with van der Waals surface area (Å²) in [5.41, 5.74) is 6.44. The van der Waals surface area contributed by atoms with Crippen molar-refractivity contribution in [2.45, 2.75) is 25.1 Å². The zero-order valence-corrected chi connectivity index (χ0v) is 11.6. The van der Waals surface area contributed by atoms with Crippen LogP contribution in [0.4, 0.5) is 0 Å². The van der Waals surface area contributed by atoms with Crippen molar-refractivity contribution in [2.75, 3.05) is 5.75 Å². The Morgan fingerprint density at radius 1 is 1.44 bits per heavy atom. The van der Waals surface area contributed by atoms with Gasteiger partial charge >= 0.3 is 0 Å². The van der Waals surface area contributed by atoms with Crippen molar-refractivity contribution in [3.63, 3.8) is 0 Å². The second kappa shape index (κ2) is 5.80. The van der Waals surface area contributed by atoms with Crippen LogP contribution in [0.15, 0.2) is 28.7 Å². The molecule has 0 heterocycles. The molecule has 3 nitrogen and oxygen atoms in total. The highest BCUT2D eigenvalue weighted by atomic mass is 79.9. The Bertz CT molecular complexity index is 445. The fourth-order valence-corrected chi connectivity index (χ4v) is 3.52. The predicted molar refractivity (Wildman–Crippen MR) is 69.9 cm³/mol. The second-order valence-electron chi connectivity index (χ2n) is 3.85. The van der Waals surface area contributed by atoms with Gasteiger partial charge in [0.25, 0.3) is 0 Å². The lowest BCUT2D eigenvalue weighted by atomic mass is 10.2. The molecule has 0 aliphatic rings. The lowest BCUT2D eigenvalue weighted by Crippen LogP contribution is -2.29. The first-order valence-corrected chi connectivity index (χ1v) is 7.75. The minimum absolute atomic E-state index is 0.0516. The van der Waals surface area contributed by atoms with Crippen LogP contribution >= 0.6 is 15.9 Å². The van der Waals surface area contributed by atoms with Gasteiger partial charge in [-0.3, -0.25) is 0 Å². The van der Waals surface area contributed by atoms with Crippen molar-refractivity contribution in [2.24, 2.45) is 5.73 Å². The Kier molecular flexibility index (Phi) is 4.95. The molecule has 0 radical (unpaired) electrons. The van der Waals surface area contributed by atoms with Crippen LogP contribution in [0.5, 0.6) is 0 Å². The summed E-state index contributed by atoms with van der Waals surface area (Å²) in [6.07, 6.45) is 0.678. The highest BCUT2D eigenvalue weighted by Crippen LogP contribution is 2.14. The quantitative estimate of drug-likeness (QED) is 0.906. The van der Waals surface area contributed by atoms with Gasteiger partial charge in [-0.05, 0) is 24.1 Å². The molecule has 1 aromatic carbocycles. The Hall–Kier alpha value is -0.390. The molecule has 1 unspecified atom stereocenters. The van der Waals surface area contributed by atoms with Crippen molar-refractivity contribution in [3.05, 3.63) is 34.3 Å². The number of halogens is 1. The van der Waals surface area contributed by atoms with Gasteiger partial charge in [0.1, 0.15) is 0 Å². The summed E-state index contributed by atoms with van der Waals surface area (Å²) in [7, 11) is -3.11. The highest BCUT2D eigenvalue weighted by Gasteiger charge is 2.15. The summed E-state index contributed by atoms with van der Waals surface area (Å²) in [6.45, 7) is 1.89. The molecular weight excluding hydrogens is 290 g/mol. The SMILES string of the molecule is CCC(N)CS(=O)(=O)Cc1cccc(Br)c1.